The van der Waals surface area contributed by atoms with Crippen molar-refractivity contribution in [1.82, 2.24) is 4.98 Å². The fourth-order valence-electron chi connectivity index (χ4n) is 1.39. The van der Waals surface area contributed by atoms with Crippen molar-refractivity contribution in [3.05, 3.63) is 51.9 Å². The molecule has 2 rings (SSSR count). The Labute approximate surface area is 112 Å². The minimum Gasteiger partial charge on any atom is -0.438 e. The van der Waals surface area contributed by atoms with Crippen molar-refractivity contribution in [1.29, 1.82) is 5.26 Å². The lowest BCUT2D eigenvalue weighted by Crippen LogP contribution is -1.94. The van der Waals surface area contributed by atoms with Gasteiger partial charge in [-0.15, -0.1) is 0 Å². The molecule has 0 bridgehead atoms. The van der Waals surface area contributed by atoms with Gasteiger partial charge >= 0.3 is 0 Å². The van der Waals surface area contributed by atoms with Gasteiger partial charge in [0.2, 0.25) is 5.88 Å². The van der Waals surface area contributed by atoms with Crippen LogP contribution in [0.25, 0.3) is 0 Å². The molecule has 2 aromatic rings. The predicted octanol–water partition coefficient (Wildman–Crippen LogP) is 3.96. The van der Waals surface area contributed by atoms with Crippen molar-refractivity contribution in [3.8, 4) is 17.7 Å². The van der Waals surface area contributed by atoms with Gasteiger partial charge in [0.15, 0.2) is 0 Å². The van der Waals surface area contributed by atoms with Gasteiger partial charge in [-0.2, -0.15) is 5.26 Å². The second-order valence-electron chi connectivity index (χ2n) is 3.62. The molecule has 0 aliphatic heterocycles. The summed E-state index contributed by atoms with van der Waals surface area (Å²) >= 11 is 3.17. The van der Waals surface area contributed by atoms with Gasteiger partial charge in [0, 0.05) is 16.2 Å². The molecule has 0 saturated heterocycles. The fraction of sp³-hybridized carbons (Fsp3) is 0.0769. The number of aromatic nitrogens is 1. The Morgan fingerprint density at radius 3 is 2.78 bits per heavy atom. The number of halogens is 2. The molecule has 0 spiro atoms. The van der Waals surface area contributed by atoms with Crippen molar-refractivity contribution in [2.75, 3.05) is 0 Å². The van der Waals surface area contributed by atoms with E-state index >= 15 is 0 Å². The van der Waals surface area contributed by atoms with Gasteiger partial charge < -0.3 is 4.74 Å². The average molecular weight is 307 g/mol. The number of benzene rings is 1. The summed E-state index contributed by atoms with van der Waals surface area (Å²) in [4.78, 5) is 4.12. The van der Waals surface area contributed by atoms with Gasteiger partial charge in [0.25, 0.3) is 0 Å². The summed E-state index contributed by atoms with van der Waals surface area (Å²) in [5.74, 6) is 0.0389. The average Bonchev–Trinajstić information content (AvgIpc) is 2.27. The fourth-order valence-corrected chi connectivity index (χ4v) is 1.84. The van der Waals surface area contributed by atoms with Crippen LogP contribution in [0, 0.1) is 24.1 Å². The Hall–Kier alpha value is -1.93. The largest absolute Gasteiger partial charge is 0.438 e. The molecule has 1 aromatic heterocycles. The van der Waals surface area contributed by atoms with Crippen molar-refractivity contribution >= 4 is 15.9 Å². The van der Waals surface area contributed by atoms with E-state index in [9.17, 15) is 4.39 Å². The van der Waals surface area contributed by atoms with Crippen LogP contribution in [0.15, 0.2) is 34.8 Å². The Bertz CT molecular complexity index is 617. The molecule has 90 valence electrons. The van der Waals surface area contributed by atoms with E-state index in [1.165, 1.54) is 12.1 Å². The summed E-state index contributed by atoms with van der Waals surface area (Å²) in [6, 6.07) is 9.47. The standard InChI is InChI=1S/C13H8BrFN2O/c1-8-2-3-9(7-16)13(17-8)18-12-5-10(14)4-11(15)6-12/h2-6H,1H3. The number of hydrogen-bond donors (Lipinski definition) is 0. The van der Waals surface area contributed by atoms with E-state index in [4.69, 9.17) is 10.00 Å². The second-order valence-corrected chi connectivity index (χ2v) is 4.54. The van der Waals surface area contributed by atoms with E-state index in [1.807, 2.05) is 6.07 Å². The van der Waals surface area contributed by atoms with Gasteiger partial charge in [-0.1, -0.05) is 15.9 Å². The first kappa shape index (κ1) is 12.5. The number of hydrogen-bond acceptors (Lipinski definition) is 3. The molecule has 3 nitrogen and oxygen atoms in total. The number of aryl methyl sites for hydroxylation is 1. The van der Waals surface area contributed by atoms with Crippen molar-refractivity contribution in [2.24, 2.45) is 0 Å². The van der Waals surface area contributed by atoms with Gasteiger partial charge in [0.1, 0.15) is 23.2 Å². The van der Waals surface area contributed by atoms with Gasteiger partial charge in [-0.3, -0.25) is 0 Å². The zero-order valence-corrected chi connectivity index (χ0v) is 11.0. The first-order valence-corrected chi connectivity index (χ1v) is 5.89. The van der Waals surface area contributed by atoms with E-state index in [0.29, 0.717) is 10.0 Å². The Kier molecular flexibility index (Phi) is 3.58. The van der Waals surface area contributed by atoms with Crippen molar-refractivity contribution in [2.45, 2.75) is 6.92 Å². The molecule has 0 N–H and O–H groups in total. The van der Waals surface area contributed by atoms with Gasteiger partial charge in [-0.25, -0.2) is 9.37 Å². The Balaban J connectivity index is 2.39. The molecular weight excluding hydrogens is 299 g/mol. The lowest BCUT2D eigenvalue weighted by molar-refractivity contribution is 0.455. The minimum absolute atomic E-state index is 0.176. The van der Waals surface area contributed by atoms with Crippen molar-refractivity contribution < 1.29 is 9.13 Å². The molecule has 0 aliphatic rings. The van der Waals surface area contributed by atoms with Crippen LogP contribution in [0.1, 0.15) is 11.3 Å². The maximum atomic E-state index is 13.2. The third-order valence-corrected chi connectivity index (χ3v) is 2.63. The molecule has 1 heterocycles. The summed E-state index contributed by atoms with van der Waals surface area (Å²) < 4.78 is 19.2. The smallest absolute Gasteiger partial charge is 0.237 e. The van der Waals surface area contributed by atoms with E-state index in [2.05, 4.69) is 20.9 Å². The molecule has 1 aromatic carbocycles. The minimum atomic E-state index is -0.425. The van der Waals surface area contributed by atoms with Crippen LogP contribution >= 0.6 is 15.9 Å². The molecule has 0 fully saturated rings. The quantitative estimate of drug-likeness (QED) is 0.843. The highest BCUT2D eigenvalue weighted by molar-refractivity contribution is 9.10. The van der Waals surface area contributed by atoms with E-state index in [1.54, 1.807) is 25.1 Å². The molecule has 0 aliphatic carbocycles. The molecule has 0 saturated carbocycles. The summed E-state index contributed by atoms with van der Waals surface area (Å²) in [6.45, 7) is 1.79. The maximum absolute atomic E-state index is 13.2. The van der Waals surface area contributed by atoms with Crippen LogP contribution in [-0.4, -0.2) is 4.98 Å². The first-order chi connectivity index (χ1) is 8.58. The zero-order chi connectivity index (χ0) is 13.1. The SMILES string of the molecule is Cc1ccc(C#N)c(Oc2cc(F)cc(Br)c2)n1. The van der Waals surface area contributed by atoms with Crippen LogP contribution in [0.5, 0.6) is 11.6 Å². The molecule has 18 heavy (non-hydrogen) atoms. The molecule has 0 atom stereocenters. The van der Waals surface area contributed by atoms with E-state index in [0.717, 1.165) is 5.69 Å². The number of pyridine rings is 1. The van der Waals surface area contributed by atoms with Crippen LogP contribution in [0.3, 0.4) is 0 Å². The number of nitrogens with zero attached hydrogens (tertiary/aromatic N) is 2. The number of nitriles is 1. The van der Waals surface area contributed by atoms with Crippen LogP contribution < -0.4 is 4.74 Å². The molecule has 0 unspecified atom stereocenters. The Morgan fingerprint density at radius 1 is 1.33 bits per heavy atom. The zero-order valence-electron chi connectivity index (χ0n) is 9.45. The summed E-state index contributed by atoms with van der Waals surface area (Å²) in [5, 5.41) is 8.94. The van der Waals surface area contributed by atoms with Crippen LogP contribution in [0.4, 0.5) is 4.39 Å². The molecular formula is C13H8BrFN2O. The van der Waals surface area contributed by atoms with E-state index in [-0.39, 0.29) is 11.6 Å². The summed E-state index contributed by atoms with van der Waals surface area (Å²) in [6.07, 6.45) is 0. The molecule has 5 heteroatoms. The van der Waals surface area contributed by atoms with E-state index < -0.39 is 5.82 Å². The third-order valence-electron chi connectivity index (χ3n) is 2.17. The monoisotopic (exact) mass is 306 g/mol. The number of rotatable bonds is 2. The van der Waals surface area contributed by atoms with Gasteiger partial charge in [0.05, 0.1) is 0 Å². The van der Waals surface area contributed by atoms with Crippen molar-refractivity contribution in [3.63, 3.8) is 0 Å². The highest BCUT2D eigenvalue weighted by atomic mass is 79.9. The Morgan fingerprint density at radius 2 is 2.11 bits per heavy atom. The molecule has 0 radical (unpaired) electrons. The first-order valence-electron chi connectivity index (χ1n) is 5.10. The lowest BCUT2D eigenvalue weighted by atomic mass is 10.2. The maximum Gasteiger partial charge on any atom is 0.237 e. The number of ether oxygens (including phenoxy) is 1. The highest BCUT2D eigenvalue weighted by Crippen LogP contribution is 2.26. The van der Waals surface area contributed by atoms with Crippen LogP contribution in [-0.2, 0) is 0 Å². The third kappa shape index (κ3) is 2.84. The van der Waals surface area contributed by atoms with Gasteiger partial charge in [-0.05, 0) is 31.2 Å². The lowest BCUT2D eigenvalue weighted by Gasteiger charge is -2.07. The second kappa shape index (κ2) is 5.15. The topological polar surface area (TPSA) is 45.9 Å². The predicted molar refractivity (Wildman–Crippen MR) is 67.9 cm³/mol. The molecule has 0 amide bonds. The summed E-state index contributed by atoms with van der Waals surface area (Å²) in [7, 11) is 0. The van der Waals surface area contributed by atoms with Crippen LogP contribution in [0.2, 0.25) is 0 Å². The normalized spacial score (nSPS) is 9.89. The summed E-state index contributed by atoms with van der Waals surface area (Å²) in [5.41, 5.74) is 1.03. The highest BCUT2D eigenvalue weighted by Gasteiger charge is 2.08.